The van der Waals surface area contributed by atoms with Gasteiger partial charge in [-0.1, -0.05) is 36.4 Å². The van der Waals surface area contributed by atoms with Crippen LogP contribution in [0.25, 0.3) is 0 Å². The summed E-state index contributed by atoms with van der Waals surface area (Å²) in [6.07, 6.45) is 1.85. The van der Waals surface area contributed by atoms with E-state index in [2.05, 4.69) is 10.6 Å². The first-order valence-electron chi connectivity index (χ1n) is 11.4. The number of esters is 1. The molecule has 34 heavy (non-hydrogen) atoms. The summed E-state index contributed by atoms with van der Waals surface area (Å²) < 4.78 is 10.7. The van der Waals surface area contributed by atoms with Crippen molar-refractivity contribution in [2.45, 2.75) is 57.7 Å². The second kappa shape index (κ2) is 11.0. The summed E-state index contributed by atoms with van der Waals surface area (Å²) in [5, 5.41) is 5.53. The number of carbonyl (C=O) groups is 3. The molecule has 0 saturated carbocycles. The summed E-state index contributed by atoms with van der Waals surface area (Å²) in [5.74, 6) is -0.182. The summed E-state index contributed by atoms with van der Waals surface area (Å²) in [6.45, 7) is 5.18. The minimum atomic E-state index is -0.762. The van der Waals surface area contributed by atoms with Gasteiger partial charge in [-0.2, -0.15) is 0 Å². The van der Waals surface area contributed by atoms with Crippen LogP contribution in [0.5, 0.6) is 5.75 Å². The standard InChI is InChI=1S/C26H33N3O5/c1-26(2,3)34-23(30)17-29-22(18-10-6-5-7-11-18)15-9-14-21(24(29)31)28-25(32)27-19-12-8-13-20(16-19)33-4/h5-8,10-13,16,21-22H,9,14-15,17H2,1-4H3,(H2,27,28,32). The smallest absolute Gasteiger partial charge is 0.326 e. The molecule has 2 atom stereocenters. The van der Waals surface area contributed by atoms with Crippen LogP contribution in [0.3, 0.4) is 0 Å². The van der Waals surface area contributed by atoms with Gasteiger partial charge in [0, 0.05) is 11.8 Å². The number of likely N-dealkylation sites (tertiary alicyclic amines) is 1. The molecular weight excluding hydrogens is 434 g/mol. The third-order valence-corrected chi connectivity index (χ3v) is 5.46. The molecule has 3 rings (SSSR count). The Labute approximate surface area is 200 Å². The van der Waals surface area contributed by atoms with Gasteiger partial charge in [-0.3, -0.25) is 9.59 Å². The highest BCUT2D eigenvalue weighted by molar-refractivity contribution is 5.94. The van der Waals surface area contributed by atoms with Crippen LogP contribution in [0, 0.1) is 0 Å². The molecule has 0 aromatic heterocycles. The van der Waals surface area contributed by atoms with Gasteiger partial charge in [-0.25, -0.2) is 4.79 Å². The monoisotopic (exact) mass is 467 g/mol. The van der Waals surface area contributed by atoms with Crippen molar-refractivity contribution in [3.05, 3.63) is 60.2 Å². The lowest BCUT2D eigenvalue weighted by molar-refractivity contribution is -0.160. The first-order chi connectivity index (χ1) is 16.2. The van der Waals surface area contributed by atoms with Gasteiger partial charge < -0.3 is 25.0 Å². The van der Waals surface area contributed by atoms with Crippen LogP contribution in [-0.4, -0.2) is 48.1 Å². The molecule has 1 saturated heterocycles. The van der Waals surface area contributed by atoms with Gasteiger partial charge in [0.15, 0.2) is 0 Å². The Morgan fingerprint density at radius 1 is 1.06 bits per heavy atom. The molecule has 0 radical (unpaired) electrons. The van der Waals surface area contributed by atoms with Crippen molar-refractivity contribution in [3.8, 4) is 5.75 Å². The number of benzene rings is 2. The Bertz CT molecular complexity index is 1000. The van der Waals surface area contributed by atoms with Gasteiger partial charge in [0.1, 0.15) is 23.9 Å². The second-order valence-electron chi connectivity index (χ2n) is 9.29. The normalized spacial score (nSPS) is 18.6. The second-order valence-corrected chi connectivity index (χ2v) is 9.29. The number of nitrogens with one attached hydrogen (secondary N) is 2. The number of ether oxygens (including phenoxy) is 2. The van der Waals surface area contributed by atoms with E-state index < -0.39 is 23.6 Å². The van der Waals surface area contributed by atoms with Crippen LogP contribution < -0.4 is 15.4 Å². The number of rotatable bonds is 6. The van der Waals surface area contributed by atoms with Crippen LogP contribution in [0.4, 0.5) is 10.5 Å². The van der Waals surface area contributed by atoms with Gasteiger partial charge in [-0.15, -0.1) is 0 Å². The summed E-state index contributed by atoms with van der Waals surface area (Å²) in [6, 6.07) is 15.0. The van der Waals surface area contributed by atoms with Gasteiger partial charge in [0.25, 0.3) is 0 Å². The predicted octanol–water partition coefficient (Wildman–Crippen LogP) is 4.28. The molecule has 0 spiro atoms. The number of hydrogen-bond donors (Lipinski definition) is 2. The molecule has 8 heteroatoms. The van der Waals surface area contributed by atoms with E-state index in [-0.39, 0.29) is 18.5 Å². The Hall–Kier alpha value is -3.55. The minimum absolute atomic E-state index is 0.189. The van der Waals surface area contributed by atoms with Gasteiger partial charge in [0.2, 0.25) is 5.91 Å². The number of amides is 3. The summed E-state index contributed by atoms with van der Waals surface area (Å²) in [7, 11) is 1.55. The Balaban J connectivity index is 1.78. The highest BCUT2D eigenvalue weighted by Gasteiger charge is 2.36. The maximum Gasteiger partial charge on any atom is 0.326 e. The quantitative estimate of drug-likeness (QED) is 0.618. The van der Waals surface area contributed by atoms with Gasteiger partial charge in [-0.05, 0) is 57.7 Å². The van der Waals surface area contributed by atoms with Crippen molar-refractivity contribution in [3.63, 3.8) is 0 Å². The van der Waals surface area contributed by atoms with Crippen molar-refractivity contribution >= 4 is 23.6 Å². The number of urea groups is 1. The maximum absolute atomic E-state index is 13.6. The topological polar surface area (TPSA) is 97.0 Å². The Morgan fingerprint density at radius 2 is 1.79 bits per heavy atom. The fraction of sp³-hybridized carbons (Fsp3) is 0.423. The van der Waals surface area contributed by atoms with Crippen LogP contribution in [0.1, 0.15) is 51.6 Å². The first kappa shape index (κ1) is 25.1. The fourth-order valence-electron chi connectivity index (χ4n) is 4.03. The molecule has 1 fully saturated rings. The van der Waals surface area contributed by atoms with Crippen LogP contribution in [-0.2, 0) is 14.3 Å². The largest absolute Gasteiger partial charge is 0.497 e. The van der Waals surface area contributed by atoms with Gasteiger partial charge in [0.05, 0.1) is 13.2 Å². The van der Waals surface area contributed by atoms with E-state index in [0.717, 1.165) is 5.56 Å². The molecule has 3 amide bonds. The third-order valence-electron chi connectivity index (χ3n) is 5.46. The van der Waals surface area contributed by atoms with E-state index in [4.69, 9.17) is 9.47 Å². The van der Waals surface area contributed by atoms with Gasteiger partial charge >= 0.3 is 12.0 Å². The molecule has 1 aliphatic heterocycles. The zero-order valence-electron chi connectivity index (χ0n) is 20.2. The lowest BCUT2D eigenvalue weighted by atomic mass is 10.0. The number of methoxy groups -OCH3 is 1. The maximum atomic E-state index is 13.6. The SMILES string of the molecule is COc1cccc(NC(=O)NC2CCCC(c3ccccc3)N(CC(=O)OC(C)(C)C)C2=O)c1. The molecule has 2 aromatic carbocycles. The van der Waals surface area contributed by atoms with Crippen LogP contribution >= 0.6 is 0 Å². The van der Waals surface area contributed by atoms with E-state index in [9.17, 15) is 14.4 Å². The van der Waals surface area contributed by atoms with Crippen molar-refractivity contribution in [1.82, 2.24) is 10.2 Å². The van der Waals surface area contributed by atoms with E-state index in [0.29, 0.717) is 30.7 Å². The summed E-state index contributed by atoms with van der Waals surface area (Å²) in [4.78, 5) is 40.5. The molecule has 2 unspecified atom stereocenters. The molecule has 8 nitrogen and oxygen atoms in total. The highest BCUT2D eigenvalue weighted by atomic mass is 16.6. The molecule has 1 aliphatic rings. The number of hydrogen-bond acceptors (Lipinski definition) is 5. The average Bonchev–Trinajstić information content (AvgIpc) is 2.92. The van der Waals surface area contributed by atoms with Crippen LogP contribution in [0.15, 0.2) is 54.6 Å². The highest BCUT2D eigenvalue weighted by Crippen LogP contribution is 2.31. The van der Waals surface area contributed by atoms with Crippen molar-refractivity contribution in [1.29, 1.82) is 0 Å². The van der Waals surface area contributed by atoms with E-state index in [1.807, 2.05) is 30.3 Å². The van der Waals surface area contributed by atoms with E-state index >= 15 is 0 Å². The number of anilines is 1. The van der Waals surface area contributed by atoms with Crippen molar-refractivity contribution in [2.24, 2.45) is 0 Å². The predicted molar refractivity (Wildman–Crippen MR) is 130 cm³/mol. The average molecular weight is 468 g/mol. The minimum Gasteiger partial charge on any atom is -0.497 e. The van der Waals surface area contributed by atoms with E-state index in [1.165, 1.54) is 4.90 Å². The Kier molecular flexibility index (Phi) is 8.15. The molecule has 1 heterocycles. The molecular formula is C26H33N3O5. The summed E-state index contributed by atoms with van der Waals surface area (Å²) >= 11 is 0. The number of carbonyl (C=O) groups excluding carboxylic acids is 3. The molecule has 2 aromatic rings. The first-order valence-corrected chi connectivity index (χ1v) is 11.4. The molecule has 0 bridgehead atoms. The lowest BCUT2D eigenvalue weighted by Gasteiger charge is -2.32. The van der Waals surface area contributed by atoms with Crippen molar-refractivity contribution in [2.75, 3.05) is 19.0 Å². The summed E-state index contributed by atoms with van der Waals surface area (Å²) in [5.41, 5.74) is 0.828. The zero-order valence-corrected chi connectivity index (χ0v) is 20.2. The van der Waals surface area contributed by atoms with Crippen molar-refractivity contribution < 1.29 is 23.9 Å². The molecule has 182 valence electrons. The number of nitrogens with zero attached hydrogens (tertiary/aromatic N) is 1. The fourth-order valence-corrected chi connectivity index (χ4v) is 4.03. The Morgan fingerprint density at radius 3 is 2.47 bits per heavy atom. The van der Waals surface area contributed by atoms with E-state index in [1.54, 1.807) is 52.1 Å². The molecule has 0 aliphatic carbocycles. The lowest BCUT2D eigenvalue weighted by Crippen LogP contribution is -2.51. The molecule has 2 N–H and O–H groups in total. The zero-order chi connectivity index (χ0) is 24.7. The third kappa shape index (κ3) is 6.97. The van der Waals surface area contributed by atoms with Crippen LogP contribution in [0.2, 0.25) is 0 Å².